The highest BCUT2D eigenvalue weighted by atomic mass is 19.2. The Balaban J connectivity index is 1.75. The Morgan fingerprint density at radius 3 is 2.25 bits per heavy atom. The zero-order chi connectivity index (χ0) is 23.2. The van der Waals surface area contributed by atoms with Gasteiger partial charge in [-0.3, -0.25) is 13.6 Å². The molecule has 0 amide bonds. The molecule has 3 heterocycles. The molecule has 1 fully saturated rings. The normalized spacial score (nSPS) is 26.7. The second kappa shape index (κ2) is 8.64. The van der Waals surface area contributed by atoms with Crippen molar-refractivity contribution in [3.63, 3.8) is 0 Å². The third kappa shape index (κ3) is 4.35. The van der Waals surface area contributed by atoms with Gasteiger partial charge < -0.3 is 14.1 Å². The molecular weight excluding hydrogens is 408 g/mol. The van der Waals surface area contributed by atoms with E-state index in [9.17, 15) is 8.63 Å². The lowest BCUT2D eigenvalue weighted by Crippen LogP contribution is -2.47. The van der Waals surface area contributed by atoms with Gasteiger partial charge in [-0.25, -0.2) is 0 Å². The average Bonchev–Trinajstić information content (AvgIpc) is 3.20. The van der Waals surface area contributed by atoms with E-state index in [1.807, 2.05) is 44.2 Å². The van der Waals surface area contributed by atoms with Gasteiger partial charge in [0, 0.05) is 47.6 Å². The Labute approximate surface area is 190 Å². The van der Waals surface area contributed by atoms with Crippen molar-refractivity contribution < 1.29 is 17.9 Å². The summed E-state index contributed by atoms with van der Waals surface area (Å²) >= 11 is 0. The van der Waals surface area contributed by atoms with E-state index in [4.69, 9.17) is 14.3 Å². The number of nitrogens with zero attached hydrogens (tertiary/aromatic N) is 2. The summed E-state index contributed by atoms with van der Waals surface area (Å²) in [7, 11) is -3.01. The summed E-state index contributed by atoms with van der Waals surface area (Å²) in [6, 6.07) is 7.48. The Hall–Kier alpha value is -2.18. The van der Waals surface area contributed by atoms with Crippen molar-refractivity contribution >= 4 is 31.3 Å². The Morgan fingerprint density at radius 1 is 1.09 bits per heavy atom. The fourth-order valence-electron chi connectivity index (χ4n) is 4.68. The molecule has 1 aromatic rings. The third-order valence-electron chi connectivity index (χ3n) is 6.21. The first-order valence-corrected chi connectivity index (χ1v) is 11.2. The molecular formula is C24H30B2F2N2O2. The molecule has 3 aliphatic heterocycles. The van der Waals surface area contributed by atoms with Crippen LogP contribution in [0.15, 0.2) is 58.4 Å². The molecule has 0 N–H and O–H groups in total. The van der Waals surface area contributed by atoms with E-state index in [0.29, 0.717) is 18.9 Å². The van der Waals surface area contributed by atoms with E-state index in [-0.39, 0.29) is 17.4 Å². The number of rotatable bonds is 4. The maximum Gasteiger partial charge on any atom is 0.673 e. The number of allylic oxidation sites excluding steroid dienone is 4. The fourth-order valence-corrected chi connectivity index (χ4v) is 4.68. The zero-order valence-corrected chi connectivity index (χ0v) is 19.7. The van der Waals surface area contributed by atoms with Crippen LogP contribution in [0.4, 0.5) is 8.63 Å². The van der Waals surface area contributed by atoms with Crippen LogP contribution in [0.2, 0.25) is 0 Å². The molecule has 2 unspecified atom stereocenters. The van der Waals surface area contributed by atoms with Gasteiger partial charge in [0.25, 0.3) is 0 Å². The van der Waals surface area contributed by atoms with E-state index in [1.54, 1.807) is 6.92 Å². The molecule has 1 saturated heterocycles. The van der Waals surface area contributed by atoms with Crippen molar-refractivity contribution in [1.82, 2.24) is 4.81 Å². The lowest BCUT2D eigenvalue weighted by Gasteiger charge is -2.33. The second-order valence-corrected chi connectivity index (χ2v) is 9.83. The van der Waals surface area contributed by atoms with Crippen molar-refractivity contribution in [3.8, 4) is 0 Å². The molecule has 32 heavy (non-hydrogen) atoms. The second-order valence-electron chi connectivity index (χ2n) is 9.83. The highest BCUT2D eigenvalue weighted by Crippen LogP contribution is 2.38. The number of hydrogen-bond donors (Lipinski definition) is 0. The summed E-state index contributed by atoms with van der Waals surface area (Å²) in [5.74, 6) is 0.0487. The first kappa shape index (κ1) is 23.0. The van der Waals surface area contributed by atoms with Crippen LogP contribution in [-0.2, 0) is 9.31 Å². The predicted molar refractivity (Wildman–Crippen MR) is 128 cm³/mol. The lowest BCUT2D eigenvalue weighted by molar-refractivity contribution is 0.0343. The van der Waals surface area contributed by atoms with Crippen LogP contribution < -0.4 is 5.46 Å². The number of hydrogen-bond acceptors (Lipinski definition) is 4. The molecule has 168 valence electrons. The molecule has 4 rings (SSSR count). The Morgan fingerprint density at radius 2 is 1.72 bits per heavy atom. The minimum absolute atomic E-state index is 0.00258. The van der Waals surface area contributed by atoms with E-state index < -0.39 is 14.5 Å². The van der Waals surface area contributed by atoms with Crippen molar-refractivity contribution in [2.45, 2.75) is 47.6 Å². The third-order valence-corrected chi connectivity index (χ3v) is 6.21. The molecule has 3 aliphatic rings. The van der Waals surface area contributed by atoms with Gasteiger partial charge in [0.2, 0.25) is 0 Å². The summed E-state index contributed by atoms with van der Waals surface area (Å²) in [6.07, 6.45) is 3.96. The molecule has 1 aromatic carbocycles. The number of benzene rings is 1. The van der Waals surface area contributed by atoms with Crippen molar-refractivity contribution in [3.05, 3.63) is 58.9 Å². The predicted octanol–water partition coefficient (Wildman–Crippen LogP) is 4.73. The lowest BCUT2D eigenvalue weighted by atomic mass is 9.75. The maximum atomic E-state index is 14.1. The maximum absolute atomic E-state index is 14.1. The van der Waals surface area contributed by atoms with Crippen LogP contribution in [0.5, 0.6) is 0 Å². The molecule has 0 radical (unpaired) electrons. The van der Waals surface area contributed by atoms with Gasteiger partial charge >= 0.3 is 14.5 Å². The fraction of sp³-hybridized carbons (Fsp3) is 0.458. The van der Waals surface area contributed by atoms with Gasteiger partial charge in [0.1, 0.15) is 0 Å². The van der Waals surface area contributed by atoms with Crippen molar-refractivity contribution in [2.75, 3.05) is 13.2 Å². The molecule has 0 aliphatic carbocycles. The zero-order valence-electron chi connectivity index (χ0n) is 19.7. The van der Waals surface area contributed by atoms with Crippen LogP contribution in [0.1, 0.15) is 47.1 Å². The highest BCUT2D eigenvalue weighted by molar-refractivity contribution is 6.61. The average molecular weight is 438 g/mol. The standard InChI is InChI=1S/C24H30B2F2N2O2/c1-15-11-17(3)29-22(15)21(23-16(2)12-18(4)30(23)26(27)28)19-7-9-20(10-8-19)25-31-13-24(5,6)14-32-25/h7-12,15,18H,13-14H2,1-6H3/b23-21-. The molecule has 8 heteroatoms. The summed E-state index contributed by atoms with van der Waals surface area (Å²) in [5, 5.41) is 0. The van der Waals surface area contributed by atoms with Gasteiger partial charge in [-0.2, -0.15) is 0 Å². The van der Waals surface area contributed by atoms with Gasteiger partial charge in [0.15, 0.2) is 0 Å². The smallest absolute Gasteiger partial charge is 0.407 e. The first-order valence-electron chi connectivity index (χ1n) is 11.2. The van der Waals surface area contributed by atoms with Gasteiger partial charge in [-0.05, 0) is 37.4 Å². The molecule has 0 aromatic heterocycles. The molecule has 0 bridgehead atoms. The number of halogens is 2. The molecule has 0 spiro atoms. The summed E-state index contributed by atoms with van der Waals surface area (Å²) in [4.78, 5) is 5.94. The van der Waals surface area contributed by atoms with Crippen molar-refractivity contribution in [1.29, 1.82) is 0 Å². The van der Waals surface area contributed by atoms with Crippen LogP contribution in [0.25, 0.3) is 5.57 Å². The Bertz CT molecular complexity index is 1010. The van der Waals surface area contributed by atoms with E-state index in [1.165, 1.54) is 4.81 Å². The van der Waals surface area contributed by atoms with Crippen LogP contribution in [-0.4, -0.2) is 44.3 Å². The van der Waals surface area contributed by atoms with Crippen LogP contribution in [0.3, 0.4) is 0 Å². The van der Waals surface area contributed by atoms with E-state index in [2.05, 4.69) is 26.8 Å². The van der Waals surface area contributed by atoms with Gasteiger partial charge in [-0.15, -0.1) is 0 Å². The minimum Gasteiger partial charge on any atom is -0.407 e. The molecule has 2 atom stereocenters. The van der Waals surface area contributed by atoms with Gasteiger partial charge in [-0.1, -0.05) is 57.2 Å². The largest absolute Gasteiger partial charge is 0.673 e. The monoisotopic (exact) mass is 438 g/mol. The summed E-state index contributed by atoms with van der Waals surface area (Å²) in [6.45, 7) is 13.2. The minimum atomic E-state index is -2.60. The van der Waals surface area contributed by atoms with Crippen molar-refractivity contribution in [2.24, 2.45) is 16.3 Å². The highest BCUT2D eigenvalue weighted by Gasteiger charge is 2.39. The van der Waals surface area contributed by atoms with E-state index in [0.717, 1.165) is 33.6 Å². The summed E-state index contributed by atoms with van der Waals surface area (Å²) < 4.78 is 40.0. The van der Waals surface area contributed by atoms with Crippen LogP contribution in [0, 0.1) is 11.3 Å². The summed E-state index contributed by atoms with van der Waals surface area (Å²) in [5.41, 5.74) is 5.68. The SMILES string of the molecule is CC1=CC(C)C(/C(=C2/C(C)=CC(C)N2B(F)F)c2ccc(B3OCC(C)(C)CO3)cc2)=N1. The number of aliphatic imine (C=N–C) groups is 1. The van der Waals surface area contributed by atoms with Crippen LogP contribution >= 0.6 is 0 Å². The molecule has 4 nitrogen and oxygen atoms in total. The molecule has 0 saturated carbocycles. The first-order chi connectivity index (χ1) is 15.1. The quantitative estimate of drug-likeness (QED) is 0.638. The topological polar surface area (TPSA) is 34.1 Å². The Kier molecular flexibility index (Phi) is 6.21. The van der Waals surface area contributed by atoms with E-state index >= 15 is 0 Å². The van der Waals surface area contributed by atoms with Gasteiger partial charge in [0.05, 0.1) is 5.71 Å².